The van der Waals surface area contributed by atoms with Crippen LogP contribution in [0.4, 0.5) is 0 Å². The van der Waals surface area contributed by atoms with Crippen molar-refractivity contribution in [2.24, 2.45) is 0 Å². The van der Waals surface area contributed by atoms with Gasteiger partial charge >= 0.3 is 7.12 Å². The lowest BCUT2D eigenvalue weighted by atomic mass is 9.79. The third-order valence-electron chi connectivity index (χ3n) is 4.84. The molecule has 0 bridgehead atoms. The first-order valence-electron chi connectivity index (χ1n) is 8.38. The van der Waals surface area contributed by atoms with Gasteiger partial charge in [-0.2, -0.15) is 0 Å². The maximum Gasteiger partial charge on any atom is 0.494 e. The van der Waals surface area contributed by atoms with Crippen LogP contribution in [0.15, 0.2) is 24.3 Å². The molecular weight excluding hydrogens is 303 g/mol. The van der Waals surface area contributed by atoms with Crippen LogP contribution in [-0.2, 0) is 9.31 Å². The van der Waals surface area contributed by atoms with Crippen molar-refractivity contribution in [3.63, 3.8) is 0 Å². The van der Waals surface area contributed by atoms with Crippen LogP contribution in [0.25, 0.3) is 10.9 Å². The topological polar surface area (TPSA) is 63.4 Å². The quantitative estimate of drug-likeness (QED) is 0.852. The fourth-order valence-corrected chi connectivity index (χ4v) is 2.73. The van der Waals surface area contributed by atoms with Gasteiger partial charge in [0, 0.05) is 16.9 Å². The van der Waals surface area contributed by atoms with Crippen LogP contribution in [0.5, 0.6) is 0 Å². The molecule has 0 radical (unpaired) electrons. The molecule has 1 aliphatic heterocycles. The van der Waals surface area contributed by atoms with Gasteiger partial charge in [0.1, 0.15) is 5.69 Å². The second-order valence-electron chi connectivity index (χ2n) is 7.75. The molecule has 0 unspecified atom stereocenters. The molecule has 3 rings (SSSR count). The Morgan fingerprint density at radius 3 is 2.33 bits per heavy atom. The van der Waals surface area contributed by atoms with Crippen molar-refractivity contribution >= 4 is 29.4 Å². The zero-order chi connectivity index (χ0) is 17.7. The first-order chi connectivity index (χ1) is 11.1. The molecule has 1 amide bonds. The molecule has 1 aromatic carbocycles. The molecule has 0 saturated carbocycles. The third-order valence-corrected chi connectivity index (χ3v) is 4.84. The van der Waals surface area contributed by atoms with E-state index in [0.29, 0.717) is 5.69 Å². The summed E-state index contributed by atoms with van der Waals surface area (Å²) in [6.45, 7) is 12.0. The minimum absolute atomic E-state index is 0.0987. The Hall–Kier alpha value is -1.79. The fraction of sp³-hybridized carbons (Fsp3) is 0.500. The Morgan fingerprint density at radius 2 is 1.75 bits per heavy atom. The number of fused-ring (bicyclic) bond motifs is 1. The highest BCUT2D eigenvalue weighted by molar-refractivity contribution is 6.62. The molecule has 1 aliphatic rings. The lowest BCUT2D eigenvalue weighted by Gasteiger charge is -2.32. The molecule has 2 N–H and O–H groups in total. The molecule has 5 nitrogen and oxygen atoms in total. The molecule has 0 spiro atoms. The van der Waals surface area contributed by atoms with E-state index in [9.17, 15) is 4.79 Å². The number of carbonyl (C=O) groups excluding carboxylic acids is 1. The van der Waals surface area contributed by atoms with Gasteiger partial charge in [0.2, 0.25) is 0 Å². The van der Waals surface area contributed by atoms with E-state index in [1.54, 1.807) is 0 Å². The summed E-state index contributed by atoms with van der Waals surface area (Å²) in [6.07, 6.45) is 0. The van der Waals surface area contributed by atoms with Gasteiger partial charge in [-0.1, -0.05) is 12.1 Å². The van der Waals surface area contributed by atoms with Crippen molar-refractivity contribution in [2.45, 2.75) is 58.8 Å². The van der Waals surface area contributed by atoms with E-state index in [0.717, 1.165) is 16.4 Å². The molecule has 1 fully saturated rings. The van der Waals surface area contributed by atoms with Crippen LogP contribution in [0.2, 0.25) is 0 Å². The van der Waals surface area contributed by atoms with Crippen LogP contribution >= 0.6 is 0 Å². The van der Waals surface area contributed by atoms with Crippen molar-refractivity contribution in [2.75, 3.05) is 0 Å². The molecular formula is C18H25BN2O3. The number of rotatable bonds is 3. The highest BCUT2D eigenvalue weighted by atomic mass is 16.7. The van der Waals surface area contributed by atoms with E-state index < -0.39 is 7.12 Å². The molecule has 128 valence electrons. The number of hydrogen-bond acceptors (Lipinski definition) is 3. The molecule has 1 aromatic heterocycles. The minimum Gasteiger partial charge on any atom is -0.399 e. The summed E-state index contributed by atoms with van der Waals surface area (Å²) in [5, 5.41) is 3.88. The van der Waals surface area contributed by atoms with Crippen LogP contribution in [0, 0.1) is 0 Å². The van der Waals surface area contributed by atoms with Crippen molar-refractivity contribution in [3.05, 3.63) is 30.0 Å². The van der Waals surface area contributed by atoms with Crippen molar-refractivity contribution in [1.82, 2.24) is 10.3 Å². The second-order valence-corrected chi connectivity index (χ2v) is 7.75. The van der Waals surface area contributed by atoms with Gasteiger partial charge in [-0.3, -0.25) is 4.79 Å². The van der Waals surface area contributed by atoms with E-state index >= 15 is 0 Å². The number of carbonyl (C=O) groups is 1. The lowest BCUT2D eigenvalue weighted by molar-refractivity contribution is 0.00578. The van der Waals surface area contributed by atoms with Gasteiger partial charge in [-0.05, 0) is 59.1 Å². The summed E-state index contributed by atoms with van der Waals surface area (Å²) in [4.78, 5) is 15.3. The smallest absolute Gasteiger partial charge is 0.399 e. The molecule has 2 heterocycles. The maximum absolute atomic E-state index is 12.1. The van der Waals surface area contributed by atoms with E-state index in [-0.39, 0.29) is 23.2 Å². The number of nitrogens with one attached hydrogen (secondary N) is 2. The third kappa shape index (κ3) is 2.96. The Labute approximate surface area is 143 Å². The van der Waals surface area contributed by atoms with Crippen molar-refractivity contribution in [3.8, 4) is 0 Å². The number of amides is 1. The summed E-state index contributed by atoms with van der Waals surface area (Å²) >= 11 is 0. The summed E-state index contributed by atoms with van der Waals surface area (Å²) in [5.41, 5.74) is 1.66. The maximum atomic E-state index is 12.1. The summed E-state index contributed by atoms with van der Waals surface area (Å²) in [5.74, 6) is -0.0987. The summed E-state index contributed by atoms with van der Waals surface area (Å²) in [6, 6.07) is 7.93. The molecule has 0 atom stereocenters. The van der Waals surface area contributed by atoms with Gasteiger partial charge in [-0.15, -0.1) is 0 Å². The normalized spacial score (nSPS) is 19.2. The van der Waals surface area contributed by atoms with Crippen molar-refractivity contribution in [1.29, 1.82) is 0 Å². The number of benzene rings is 1. The number of hydrogen-bond donors (Lipinski definition) is 2. The van der Waals surface area contributed by atoms with E-state index in [2.05, 4.69) is 10.3 Å². The SMILES string of the molecule is CC(C)NC(=O)c1cc2ccc(B3OC(C)(C)C(C)(C)O3)cc2[nH]1. The predicted octanol–water partition coefficient (Wildman–Crippen LogP) is 2.61. The monoisotopic (exact) mass is 328 g/mol. The molecule has 0 aliphatic carbocycles. The Morgan fingerprint density at radius 1 is 1.12 bits per heavy atom. The number of H-pyrrole nitrogens is 1. The highest BCUT2D eigenvalue weighted by Gasteiger charge is 2.51. The van der Waals surface area contributed by atoms with Crippen LogP contribution in [-0.4, -0.2) is 35.3 Å². The Kier molecular flexibility index (Phi) is 4.01. The Bertz CT molecular complexity index is 764. The van der Waals surface area contributed by atoms with Crippen LogP contribution in [0.3, 0.4) is 0 Å². The van der Waals surface area contributed by atoms with Gasteiger partial charge in [0.15, 0.2) is 0 Å². The minimum atomic E-state index is -0.407. The molecule has 6 heteroatoms. The zero-order valence-electron chi connectivity index (χ0n) is 15.2. The van der Waals surface area contributed by atoms with E-state index in [4.69, 9.17) is 9.31 Å². The first kappa shape index (κ1) is 17.1. The van der Waals surface area contributed by atoms with Gasteiger partial charge in [0.05, 0.1) is 11.2 Å². The molecule has 2 aromatic rings. The highest BCUT2D eigenvalue weighted by Crippen LogP contribution is 2.36. The summed E-state index contributed by atoms with van der Waals surface area (Å²) < 4.78 is 12.2. The van der Waals surface area contributed by atoms with Crippen molar-refractivity contribution < 1.29 is 14.1 Å². The fourth-order valence-electron chi connectivity index (χ4n) is 2.73. The molecule has 1 saturated heterocycles. The van der Waals surface area contributed by atoms with E-state index in [1.165, 1.54) is 0 Å². The standard InChI is InChI=1S/C18H25BN2O3/c1-11(2)20-16(22)15-9-12-7-8-13(10-14(12)21-15)19-23-17(3,4)18(5,6)24-19/h7-11,21H,1-6H3,(H,20,22). The number of aromatic nitrogens is 1. The number of aromatic amines is 1. The largest absolute Gasteiger partial charge is 0.494 e. The zero-order valence-corrected chi connectivity index (χ0v) is 15.2. The Balaban J connectivity index is 1.89. The second kappa shape index (κ2) is 5.64. The summed E-state index contributed by atoms with van der Waals surface area (Å²) in [7, 11) is -0.407. The molecule has 24 heavy (non-hydrogen) atoms. The van der Waals surface area contributed by atoms with Gasteiger partial charge in [0.25, 0.3) is 5.91 Å². The van der Waals surface area contributed by atoms with Crippen LogP contribution in [0.1, 0.15) is 52.0 Å². The van der Waals surface area contributed by atoms with Crippen LogP contribution < -0.4 is 10.8 Å². The average Bonchev–Trinajstić information content (AvgIpc) is 2.96. The van der Waals surface area contributed by atoms with Gasteiger partial charge < -0.3 is 19.6 Å². The van der Waals surface area contributed by atoms with E-state index in [1.807, 2.05) is 65.8 Å². The van der Waals surface area contributed by atoms with Gasteiger partial charge in [-0.25, -0.2) is 0 Å². The average molecular weight is 328 g/mol. The first-order valence-corrected chi connectivity index (χ1v) is 8.38. The lowest BCUT2D eigenvalue weighted by Crippen LogP contribution is -2.41. The predicted molar refractivity (Wildman–Crippen MR) is 96.6 cm³/mol.